The fourth-order valence-corrected chi connectivity index (χ4v) is 2.91. The quantitative estimate of drug-likeness (QED) is 0.815. The molecule has 120 valence electrons. The van der Waals surface area contributed by atoms with Gasteiger partial charge in [0.2, 0.25) is 5.91 Å². The predicted octanol–water partition coefficient (Wildman–Crippen LogP) is 3.73. The van der Waals surface area contributed by atoms with E-state index in [-0.39, 0.29) is 17.8 Å². The van der Waals surface area contributed by atoms with Crippen molar-refractivity contribution in [1.82, 2.24) is 4.90 Å². The molecule has 0 unspecified atom stereocenters. The second-order valence-corrected chi connectivity index (χ2v) is 6.47. The first-order chi connectivity index (χ1) is 11.1. The van der Waals surface area contributed by atoms with Crippen molar-refractivity contribution < 1.29 is 13.9 Å². The fourth-order valence-electron chi connectivity index (χ4n) is 2.64. The molecule has 0 spiro atoms. The Labute approximate surface area is 143 Å². The van der Waals surface area contributed by atoms with Crippen LogP contribution < -0.4 is 0 Å². The molecule has 1 heterocycles. The van der Waals surface area contributed by atoms with Gasteiger partial charge in [-0.05, 0) is 35.4 Å². The topological polar surface area (TPSA) is 29.5 Å². The Morgan fingerprint density at radius 3 is 2.57 bits per heavy atom. The first-order valence-corrected chi connectivity index (χ1v) is 8.30. The van der Waals surface area contributed by atoms with Crippen molar-refractivity contribution in [1.29, 1.82) is 0 Å². The summed E-state index contributed by atoms with van der Waals surface area (Å²) in [5.74, 6) is -0.185. The Balaban J connectivity index is 1.64. The van der Waals surface area contributed by atoms with Crippen LogP contribution in [-0.4, -0.2) is 30.5 Å². The van der Waals surface area contributed by atoms with E-state index in [0.717, 1.165) is 15.6 Å². The van der Waals surface area contributed by atoms with Crippen molar-refractivity contribution in [3.63, 3.8) is 0 Å². The fraction of sp³-hybridized carbons (Fsp3) is 0.278. The number of halogens is 2. The van der Waals surface area contributed by atoms with Crippen molar-refractivity contribution in [3.8, 4) is 0 Å². The number of ether oxygens (including phenoxy) is 1. The van der Waals surface area contributed by atoms with Gasteiger partial charge < -0.3 is 9.64 Å². The van der Waals surface area contributed by atoms with Crippen LogP contribution in [0.2, 0.25) is 0 Å². The molecule has 2 aromatic carbocycles. The van der Waals surface area contributed by atoms with Gasteiger partial charge in [-0.15, -0.1) is 0 Å². The van der Waals surface area contributed by atoms with Crippen LogP contribution in [0.15, 0.2) is 53.0 Å². The maximum Gasteiger partial charge on any atom is 0.227 e. The molecule has 0 N–H and O–H groups in total. The summed E-state index contributed by atoms with van der Waals surface area (Å²) in [6.07, 6.45) is 0.182. The summed E-state index contributed by atoms with van der Waals surface area (Å²) in [6.45, 7) is 1.59. The molecule has 0 saturated carbocycles. The molecule has 3 nitrogen and oxygen atoms in total. The number of hydrogen-bond acceptors (Lipinski definition) is 2. The third-order valence-corrected chi connectivity index (χ3v) is 4.46. The molecule has 0 radical (unpaired) electrons. The van der Waals surface area contributed by atoms with E-state index in [1.54, 1.807) is 12.1 Å². The van der Waals surface area contributed by atoms with Crippen LogP contribution in [0.5, 0.6) is 0 Å². The van der Waals surface area contributed by atoms with E-state index in [1.807, 2.05) is 29.2 Å². The smallest absolute Gasteiger partial charge is 0.227 e. The van der Waals surface area contributed by atoms with Gasteiger partial charge in [0.05, 0.1) is 19.6 Å². The minimum atomic E-state index is -0.271. The number of carbonyl (C=O) groups is 1. The number of morpholine rings is 1. The van der Waals surface area contributed by atoms with E-state index < -0.39 is 0 Å². The van der Waals surface area contributed by atoms with E-state index >= 15 is 0 Å². The predicted molar refractivity (Wildman–Crippen MR) is 89.5 cm³/mol. The highest BCUT2D eigenvalue weighted by molar-refractivity contribution is 9.10. The van der Waals surface area contributed by atoms with Gasteiger partial charge in [0, 0.05) is 11.0 Å². The monoisotopic (exact) mass is 377 g/mol. The molecule has 1 amide bonds. The molecule has 1 saturated heterocycles. The molecule has 0 aliphatic carbocycles. The van der Waals surface area contributed by atoms with Gasteiger partial charge in [0.1, 0.15) is 11.9 Å². The Hall–Kier alpha value is -1.72. The molecule has 23 heavy (non-hydrogen) atoms. The minimum absolute atomic E-state index is 0.0859. The summed E-state index contributed by atoms with van der Waals surface area (Å²) in [4.78, 5) is 14.3. The SMILES string of the molecule is O=C(Cc1ccc(Br)cc1)N1CCO[C@H](c2ccc(F)cc2)C1. The number of nitrogens with zero attached hydrogens (tertiary/aromatic N) is 1. The average Bonchev–Trinajstić information content (AvgIpc) is 2.58. The van der Waals surface area contributed by atoms with Gasteiger partial charge in [-0.1, -0.05) is 40.2 Å². The largest absolute Gasteiger partial charge is 0.370 e. The summed E-state index contributed by atoms with van der Waals surface area (Å²) < 4.78 is 19.7. The first kappa shape index (κ1) is 16.1. The van der Waals surface area contributed by atoms with Crippen molar-refractivity contribution in [2.45, 2.75) is 12.5 Å². The van der Waals surface area contributed by atoms with E-state index in [4.69, 9.17) is 4.74 Å². The molecule has 3 rings (SSSR count). The lowest BCUT2D eigenvalue weighted by Crippen LogP contribution is -2.42. The van der Waals surface area contributed by atoms with Crippen molar-refractivity contribution in [2.24, 2.45) is 0 Å². The van der Waals surface area contributed by atoms with Gasteiger partial charge in [-0.3, -0.25) is 4.79 Å². The third-order valence-electron chi connectivity index (χ3n) is 3.93. The molecule has 1 fully saturated rings. The lowest BCUT2D eigenvalue weighted by molar-refractivity contribution is -0.138. The second kappa shape index (κ2) is 7.23. The molecular formula is C18H17BrFNO2. The molecule has 1 atom stereocenters. The van der Waals surface area contributed by atoms with E-state index in [2.05, 4.69) is 15.9 Å². The Morgan fingerprint density at radius 2 is 1.87 bits per heavy atom. The Kier molecular flexibility index (Phi) is 5.08. The average molecular weight is 378 g/mol. The molecule has 1 aliphatic rings. The Bertz CT molecular complexity index is 672. The van der Waals surface area contributed by atoms with Crippen LogP contribution in [-0.2, 0) is 16.0 Å². The van der Waals surface area contributed by atoms with Gasteiger partial charge in [0.25, 0.3) is 0 Å². The molecule has 0 aromatic heterocycles. The number of carbonyl (C=O) groups excluding carboxylic acids is 1. The summed E-state index contributed by atoms with van der Waals surface area (Å²) >= 11 is 3.39. The zero-order valence-corrected chi connectivity index (χ0v) is 14.1. The normalized spacial score (nSPS) is 18.0. The highest BCUT2D eigenvalue weighted by Gasteiger charge is 2.25. The highest BCUT2D eigenvalue weighted by Crippen LogP contribution is 2.23. The summed E-state index contributed by atoms with van der Waals surface area (Å²) in [5, 5.41) is 0. The number of benzene rings is 2. The molecule has 2 aromatic rings. The Morgan fingerprint density at radius 1 is 1.17 bits per heavy atom. The third kappa shape index (κ3) is 4.18. The zero-order valence-electron chi connectivity index (χ0n) is 12.5. The first-order valence-electron chi connectivity index (χ1n) is 7.51. The minimum Gasteiger partial charge on any atom is -0.370 e. The summed E-state index contributed by atoms with van der Waals surface area (Å²) in [6, 6.07) is 14.0. The molecular weight excluding hydrogens is 361 g/mol. The lowest BCUT2D eigenvalue weighted by Gasteiger charge is -2.33. The van der Waals surface area contributed by atoms with Crippen LogP contribution >= 0.6 is 15.9 Å². The molecule has 1 aliphatic heterocycles. The van der Waals surface area contributed by atoms with Gasteiger partial charge in [0.15, 0.2) is 0 Å². The number of rotatable bonds is 3. The highest BCUT2D eigenvalue weighted by atomic mass is 79.9. The maximum absolute atomic E-state index is 13.0. The van der Waals surface area contributed by atoms with E-state index in [0.29, 0.717) is 26.1 Å². The van der Waals surface area contributed by atoms with Gasteiger partial charge >= 0.3 is 0 Å². The molecule has 5 heteroatoms. The van der Waals surface area contributed by atoms with Crippen LogP contribution in [0.3, 0.4) is 0 Å². The van der Waals surface area contributed by atoms with Crippen LogP contribution in [0, 0.1) is 5.82 Å². The van der Waals surface area contributed by atoms with Gasteiger partial charge in [-0.25, -0.2) is 4.39 Å². The lowest BCUT2D eigenvalue weighted by atomic mass is 10.1. The van der Waals surface area contributed by atoms with Crippen LogP contribution in [0.4, 0.5) is 4.39 Å². The van der Waals surface area contributed by atoms with Crippen molar-refractivity contribution >= 4 is 21.8 Å². The second-order valence-electron chi connectivity index (χ2n) is 5.55. The zero-order chi connectivity index (χ0) is 16.2. The van der Waals surface area contributed by atoms with Gasteiger partial charge in [-0.2, -0.15) is 0 Å². The number of amides is 1. The summed E-state index contributed by atoms with van der Waals surface area (Å²) in [7, 11) is 0. The maximum atomic E-state index is 13.0. The standard InChI is InChI=1S/C18H17BrFNO2/c19-15-5-1-13(2-6-15)11-18(22)21-9-10-23-17(12-21)14-3-7-16(20)8-4-14/h1-8,17H,9-12H2/t17-/m0/s1. The number of hydrogen-bond donors (Lipinski definition) is 0. The molecule has 0 bridgehead atoms. The van der Waals surface area contributed by atoms with Crippen molar-refractivity contribution in [3.05, 3.63) is 69.9 Å². The van der Waals surface area contributed by atoms with Crippen molar-refractivity contribution in [2.75, 3.05) is 19.7 Å². The van der Waals surface area contributed by atoms with E-state index in [1.165, 1.54) is 12.1 Å². The van der Waals surface area contributed by atoms with Crippen LogP contribution in [0.1, 0.15) is 17.2 Å². The van der Waals surface area contributed by atoms with Crippen LogP contribution in [0.25, 0.3) is 0 Å². The van der Waals surface area contributed by atoms with E-state index in [9.17, 15) is 9.18 Å². The summed E-state index contributed by atoms with van der Waals surface area (Å²) in [5.41, 5.74) is 1.88.